The van der Waals surface area contributed by atoms with Crippen molar-refractivity contribution in [3.05, 3.63) is 35.4 Å². The molecular weight excluding hydrogens is 242 g/mol. The Bertz CT molecular complexity index is 498. The van der Waals surface area contributed by atoms with Gasteiger partial charge in [-0.3, -0.25) is 9.59 Å². The molecule has 0 saturated carbocycles. The highest BCUT2D eigenvalue weighted by molar-refractivity contribution is 5.83. The van der Waals surface area contributed by atoms with E-state index in [0.29, 0.717) is 0 Å². The van der Waals surface area contributed by atoms with Gasteiger partial charge >= 0.3 is 5.97 Å². The molecule has 0 heterocycles. The Labute approximate surface area is 112 Å². The second-order valence-electron chi connectivity index (χ2n) is 5.41. The second kappa shape index (κ2) is 5.43. The van der Waals surface area contributed by atoms with Crippen molar-refractivity contribution >= 4 is 11.9 Å². The van der Waals surface area contributed by atoms with Crippen molar-refractivity contribution in [2.24, 2.45) is 5.41 Å². The lowest BCUT2D eigenvalue weighted by Gasteiger charge is -2.33. The zero-order valence-electron chi connectivity index (χ0n) is 11.1. The molecule has 1 aliphatic carbocycles. The van der Waals surface area contributed by atoms with E-state index < -0.39 is 11.4 Å². The van der Waals surface area contributed by atoms with Gasteiger partial charge in [0.2, 0.25) is 5.91 Å². The van der Waals surface area contributed by atoms with Gasteiger partial charge in [-0.2, -0.15) is 0 Å². The van der Waals surface area contributed by atoms with Crippen LogP contribution < -0.4 is 5.32 Å². The standard InChI is InChI=1S/C15H19NO3/c1-15(14(19)16-9-7-13(17)18)8-6-11-4-2-3-5-12(11)10-15/h2-5H,6-10H2,1H3,(H,16,19)(H,17,18). The van der Waals surface area contributed by atoms with Crippen LogP contribution in [-0.4, -0.2) is 23.5 Å². The molecule has 102 valence electrons. The first-order valence-corrected chi connectivity index (χ1v) is 6.58. The van der Waals surface area contributed by atoms with Gasteiger partial charge < -0.3 is 10.4 Å². The van der Waals surface area contributed by atoms with Gasteiger partial charge in [0.15, 0.2) is 0 Å². The molecule has 0 fully saturated rings. The summed E-state index contributed by atoms with van der Waals surface area (Å²) in [6, 6.07) is 8.19. The van der Waals surface area contributed by atoms with Crippen LogP contribution in [0.25, 0.3) is 0 Å². The van der Waals surface area contributed by atoms with Crippen molar-refractivity contribution in [1.29, 1.82) is 0 Å². The Morgan fingerprint density at radius 1 is 1.32 bits per heavy atom. The van der Waals surface area contributed by atoms with Crippen LogP contribution >= 0.6 is 0 Å². The molecule has 1 aliphatic rings. The summed E-state index contributed by atoms with van der Waals surface area (Å²) in [6.45, 7) is 2.16. The van der Waals surface area contributed by atoms with Gasteiger partial charge in [0.25, 0.3) is 0 Å². The fourth-order valence-electron chi connectivity index (χ4n) is 2.58. The molecule has 0 aromatic heterocycles. The van der Waals surface area contributed by atoms with Crippen molar-refractivity contribution < 1.29 is 14.7 Å². The number of hydrogen-bond donors (Lipinski definition) is 2. The van der Waals surface area contributed by atoms with E-state index in [1.54, 1.807) is 0 Å². The fraction of sp³-hybridized carbons (Fsp3) is 0.467. The van der Waals surface area contributed by atoms with Crippen molar-refractivity contribution in [1.82, 2.24) is 5.32 Å². The van der Waals surface area contributed by atoms with Crippen molar-refractivity contribution in [2.75, 3.05) is 6.54 Å². The van der Waals surface area contributed by atoms with Crippen LogP contribution in [0.15, 0.2) is 24.3 Å². The number of rotatable bonds is 4. The third kappa shape index (κ3) is 3.13. The molecule has 1 atom stereocenters. The lowest BCUT2D eigenvalue weighted by Crippen LogP contribution is -2.43. The molecule has 0 aliphatic heterocycles. The van der Waals surface area contributed by atoms with Gasteiger partial charge in [0.1, 0.15) is 0 Å². The van der Waals surface area contributed by atoms with Crippen LogP contribution in [0.2, 0.25) is 0 Å². The number of carboxylic acid groups (broad SMARTS) is 1. The fourth-order valence-corrected chi connectivity index (χ4v) is 2.58. The number of carboxylic acids is 1. The third-order valence-electron chi connectivity index (χ3n) is 3.82. The van der Waals surface area contributed by atoms with Crippen molar-refractivity contribution in [3.63, 3.8) is 0 Å². The van der Waals surface area contributed by atoms with E-state index in [1.807, 2.05) is 19.1 Å². The number of carbonyl (C=O) groups excluding carboxylic acids is 1. The highest BCUT2D eigenvalue weighted by Gasteiger charge is 2.36. The second-order valence-corrected chi connectivity index (χ2v) is 5.41. The first kappa shape index (κ1) is 13.6. The van der Waals surface area contributed by atoms with E-state index in [0.717, 1.165) is 19.3 Å². The van der Waals surface area contributed by atoms with Crippen molar-refractivity contribution in [3.8, 4) is 0 Å². The highest BCUT2D eigenvalue weighted by atomic mass is 16.4. The average molecular weight is 261 g/mol. The summed E-state index contributed by atoms with van der Waals surface area (Å²) in [5.41, 5.74) is 2.12. The van der Waals surface area contributed by atoms with E-state index in [2.05, 4.69) is 17.4 Å². The molecule has 19 heavy (non-hydrogen) atoms. The number of amides is 1. The summed E-state index contributed by atoms with van der Waals surface area (Å²) in [7, 11) is 0. The number of aryl methyl sites for hydroxylation is 1. The molecule has 0 saturated heterocycles. The number of benzene rings is 1. The van der Waals surface area contributed by atoms with Gasteiger partial charge in [-0.1, -0.05) is 31.2 Å². The highest BCUT2D eigenvalue weighted by Crippen LogP contribution is 2.35. The largest absolute Gasteiger partial charge is 0.481 e. The number of nitrogens with one attached hydrogen (secondary N) is 1. The molecule has 1 unspecified atom stereocenters. The molecular formula is C15H19NO3. The molecule has 1 amide bonds. The van der Waals surface area contributed by atoms with Crippen LogP contribution in [0, 0.1) is 5.41 Å². The summed E-state index contributed by atoms with van der Waals surface area (Å²) in [5.74, 6) is -0.928. The van der Waals surface area contributed by atoms with Crippen LogP contribution in [0.4, 0.5) is 0 Å². The maximum Gasteiger partial charge on any atom is 0.305 e. The van der Waals surface area contributed by atoms with Crippen LogP contribution in [0.1, 0.15) is 30.9 Å². The molecule has 1 aromatic rings. The SMILES string of the molecule is CC1(C(=O)NCCC(=O)O)CCc2ccccc2C1. The number of carbonyl (C=O) groups is 2. The number of hydrogen-bond acceptors (Lipinski definition) is 2. The van der Waals surface area contributed by atoms with E-state index in [-0.39, 0.29) is 18.9 Å². The van der Waals surface area contributed by atoms with E-state index >= 15 is 0 Å². The van der Waals surface area contributed by atoms with Crippen LogP contribution in [0.5, 0.6) is 0 Å². The number of fused-ring (bicyclic) bond motifs is 1. The summed E-state index contributed by atoms with van der Waals surface area (Å²) < 4.78 is 0. The normalized spacial score (nSPS) is 21.5. The molecule has 0 spiro atoms. The van der Waals surface area contributed by atoms with Gasteiger partial charge in [0, 0.05) is 6.54 Å². The zero-order chi connectivity index (χ0) is 13.9. The Morgan fingerprint density at radius 3 is 2.68 bits per heavy atom. The quantitative estimate of drug-likeness (QED) is 0.868. The first-order chi connectivity index (χ1) is 9.01. The first-order valence-electron chi connectivity index (χ1n) is 6.58. The Morgan fingerprint density at radius 2 is 2.00 bits per heavy atom. The summed E-state index contributed by atoms with van der Waals surface area (Å²) in [6.07, 6.45) is 2.41. The predicted molar refractivity (Wildman–Crippen MR) is 71.8 cm³/mol. The summed E-state index contributed by atoms with van der Waals surface area (Å²) >= 11 is 0. The summed E-state index contributed by atoms with van der Waals surface area (Å²) in [5, 5.41) is 11.3. The van der Waals surface area contributed by atoms with E-state index in [4.69, 9.17) is 5.11 Å². The van der Waals surface area contributed by atoms with Crippen LogP contribution in [0.3, 0.4) is 0 Å². The molecule has 1 aromatic carbocycles. The summed E-state index contributed by atoms with van der Waals surface area (Å²) in [4.78, 5) is 22.7. The minimum absolute atomic E-state index is 0.0294. The molecule has 2 N–H and O–H groups in total. The molecule has 2 rings (SSSR count). The Balaban J connectivity index is 2.00. The Kier molecular flexibility index (Phi) is 3.88. The topological polar surface area (TPSA) is 66.4 Å². The molecule has 0 radical (unpaired) electrons. The van der Waals surface area contributed by atoms with Gasteiger partial charge in [-0.05, 0) is 30.4 Å². The molecule has 0 bridgehead atoms. The van der Waals surface area contributed by atoms with Gasteiger partial charge in [0.05, 0.1) is 11.8 Å². The smallest absolute Gasteiger partial charge is 0.305 e. The monoisotopic (exact) mass is 261 g/mol. The zero-order valence-corrected chi connectivity index (χ0v) is 11.1. The van der Waals surface area contributed by atoms with Crippen molar-refractivity contribution in [2.45, 2.75) is 32.6 Å². The maximum atomic E-state index is 12.2. The minimum Gasteiger partial charge on any atom is -0.481 e. The minimum atomic E-state index is -0.889. The average Bonchev–Trinajstić information content (AvgIpc) is 2.38. The molecule has 4 nitrogen and oxygen atoms in total. The van der Waals surface area contributed by atoms with Gasteiger partial charge in [-0.15, -0.1) is 0 Å². The number of aliphatic carboxylic acids is 1. The molecule has 4 heteroatoms. The van der Waals surface area contributed by atoms with E-state index in [9.17, 15) is 9.59 Å². The lowest BCUT2D eigenvalue weighted by atomic mass is 9.72. The third-order valence-corrected chi connectivity index (χ3v) is 3.82. The van der Waals surface area contributed by atoms with E-state index in [1.165, 1.54) is 11.1 Å². The van der Waals surface area contributed by atoms with Gasteiger partial charge in [-0.25, -0.2) is 0 Å². The maximum absolute atomic E-state index is 12.2. The lowest BCUT2D eigenvalue weighted by molar-refractivity contribution is -0.137. The van der Waals surface area contributed by atoms with Crippen LogP contribution in [-0.2, 0) is 22.4 Å². The predicted octanol–water partition coefficient (Wildman–Crippen LogP) is 1.77. The Hall–Kier alpha value is -1.84.